The molecule has 3 fully saturated rings. The van der Waals surface area contributed by atoms with Gasteiger partial charge in [-0.1, -0.05) is 55.3 Å². The molecule has 1 unspecified atom stereocenters. The Morgan fingerprint density at radius 2 is 1.67 bits per heavy atom. The van der Waals surface area contributed by atoms with E-state index in [9.17, 15) is 9.59 Å². The Morgan fingerprint density at radius 3 is 2.30 bits per heavy atom. The van der Waals surface area contributed by atoms with Gasteiger partial charge in [-0.15, -0.1) is 0 Å². The number of halogens is 1. The quantitative estimate of drug-likeness (QED) is 0.636. The standard InChI is InChI=1S/C26H27ClO3/c1-4-14-9-13(3)10-15(5-2)20(14)22-24(28)21-19-12-18(16-7-6-8-17(27)11-16)26(30-19)23(21)25(22)29/h6-11,18-19,21-23,26H,4-5,12H2,1-3H3/t18-,19-,21-,22?,23+,26+/m0/s1. The largest absolute Gasteiger partial charge is 0.373 e. The van der Waals surface area contributed by atoms with E-state index < -0.39 is 5.92 Å². The SMILES string of the molecule is CCc1cc(C)cc(CC)c1C1C(=O)[C@@H]2[C@@H]3O[C@@H](C[C@H]3c3cccc(Cl)c3)[C@@H]2C1=O. The molecule has 5 rings (SSSR count). The van der Waals surface area contributed by atoms with Crippen LogP contribution in [-0.4, -0.2) is 23.8 Å². The minimum Gasteiger partial charge on any atom is -0.373 e. The predicted octanol–water partition coefficient (Wildman–Crippen LogP) is 5.20. The maximum absolute atomic E-state index is 13.7. The smallest absolute Gasteiger partial charge is 0.154 e. The van der Waals surface area contributed by atoms with Gasteiger partial charge < -0.3 is 4.74 Å². The maximum Gasteiger partial charge on any atom is 0.154 e. The third-order valence-corrected chi connectivity index (χ3v) is 7.64. The van der Waals surface area contributed by atoms with E-state index >= 15 is 0 Å². The molecule has 2 aromatic carbocycles. The fraction of sp³-hybridized carbons (Fsp3) is 0.462. The highest BCUT2D eigenvalue weighted by molar-refractivity contribution is 6.30. The van der Waals surface area contributed by atoms with Gasteiger partial charge in [-0.3, -0.25) is 9.59 Å². The van der Waals surface area contributed by atoms with Crippen LogP contribution in [0.3, 0.4) is 0 Å². The van der Waals surface area contributed by atoms with Gasteiger partial charge >= 0.3 is 0 Å². The van der Waals surface area contributed by atoms with Crippen LogP contribution in [0.15, 0.2) is 36.4 Å². The van der Waals surface area contributed by atoms with Gasteiger partial charge in [0.2, 0.25) is 0 Å². The van der Waals surface area contributed by atoms with Crippen molar-refractivity contribution in [2.24, 2.45) is 11.8 Å². The Balaban J connectivity index is 1.54. The lowest BCUT2D eigenvalue weighted by molar-refractivity contribution is -0.127. The first-order valence-electron chi connectivity index (χ1n) is 11.0. The second kappa shape index (κ2) is 7.32. The zero-order valence-electron chi connectivity index (χ0n) is 17.7. The molecule has 30 heavy (non-hydrogen) atoms. The number of rotatable bonds is 4. The van der Waals surface area contributed by atoms with Crippen LogP contribution < -0.4 is 0 Å². The molecule has 6 atom stereocenters. The van der Waals surface area contributed by atoms with Crippen molar-refractivity contribution in [1.82, 2.24) is 0 Å². The number of hydrogen-bond donors (Lipinski definition) is 0. The fourth-order valence-corrected chi connectivity index (χ4v) is 6.42. The molecule has 2 bridgehead atoms. The molecule has 3 nitrogen and oxygen atoms in total. The summed E-state index contributed by atoms with van der Waals surface area (Å²) in [7, 11) is 0. The van der Waals surface area contributed by atoms with Gasteiger partial charge in [0.1, 0.15) is 5.92 Å². The van der Waals surface area contributed by atoms with Crippen molar-refractivity contribution in [2.75, 3.05) is 0 Å². The monoisotopic (exact) mass is 422 g/mol. The first-order valence-corrected chi connectivity index (χ1v) is 11.4. The number of fused-ring (bicyclic) bond motifs is 5. The van der Waals surface area contributed by atoms with Gasteiger partial charge in [0, 0.05) is 10.9 Å². The van der Waals surface area contributed by atoms with Gasteiger partial charge in [-0.2, -0.15) is 0 Å². The first-order chi connectivity index (χ1) is 14.4. The van der Waals surface area contributed by atoms with Crippen LogP contribution >= 0.6 is 11.6 Å². The summed E-state index contributed by atoms with van der Waals surface area (Å²) in [6.07, 6.45) is 2.05. The number of ketones is 2. The molecule has 0 aromatic heterocycles. The van der Waals surface area contributed by atoms with Crippen LogP contribution in [0.4, 0.5) is 0 Å². The molecule has 2 aromatic rings. The highest BCUT2D eigenvalue weighted by atomic mass is 35.5. The van der Waals surface area contributed by atoms with Crippen molar-refractivity contribution in [3.05, 3.63) is 69.2 Å². The molecule has 1 aliphatic carbocycles. The normalized spacial score (nSPS) is 32.1. The van der Waals surface area contributed by atoms with Crippen molar-refractivity contribution in [2.45, 2.75) is 64.1 Å². The Hall–Kier alpha value is -1.97. The third kappa shape index (κ3) is 2.82. The highest BCUT2D eigenvalue weighted by Crippen LogP contribution is 2.57. The minimum absolute atomic E-state index is 0.0671. The molecule has 1 saturated carbocycles. The van der Waals surface area contributed by atoms with Crippen molar-refractivity contribution in [3.63, 3.8) is 0 Å². The Bertz CT molecular complexity index is 1020. The summed E-state index contributed by atoms with van der Waals surface area (Å²) in [6, 6.07) is 12.1. The number of ether oxygens (including phenoxy) is 1. The van der Waals surface area contributed by atoms with Crippen LogP contribution in [0, 0.1) is 18.8 Å². The molecule has 0 spiro atoms. The topological polar surface area (TPSA) is 43.4 Å². The number of Topliss-reactive ketones (excluding diaryl/α,β-unsaturated/α-hetero) is 2. The van der Waals surface area contributed by atoms with Gasteiger partial charge in [-0.25, -0.2) is 0 Å². The summed E-state index contributed by atoms with van der Waals surface area (Å²) in [5.74, 6) is -0.982. The Kier molecular flexibility index (Phi) is 4.87. The van der Waals surface area contributed by atoms with Gasteiger partial charge in [-0.05, 0) is 60.6 Å². The molecular formula is C26H27ClO3. The molecule has 0 amide bonds. The van der Waals surface area contributed by atoms with Gasteiger partial charge in [0.05, 0.1) is 24.0 Å². The van der Waals surface area contributed by atoms with E-state index in [1.165, 1.54) is 5.56 Å². The van der Waals surface area contributed by atoms with Crippen LogP contribution in [-0.2, 0) is 27.2 Å². The average molecular weight is 423 g/mol. The number of benzene rings is 2. The summed E-state index contributed by atoms with van der Waals surface area (Å²) in [5.41, 5.74) is 5.55. The van der Waals surface area contributed by atoms with Crippen molar-refractivity contribution in [3.8, 4) is 0 Å². The average Bonchev–Trinajstić information content (AvgIpc) is 3.39. The number of carbonyl (C=O) groups excluding carboxylic acids is 2. The molecule has 4 heteroatoms. The molecule has 2 aliphatic heterocycles. The molecule has 0 radical (unpaired) electrons. The zero-order chi connectivity index (χ0) is 21.2. The van der Waals surface area contributed by atoms with Crippen LogP contribution in [0.5, 0.6) is 0 Å². The van der Waals surface area contributed by atoms with E-state index in [2.05, 4.69) is 39.0 Å². The molecule has 0 N–H and O–H groups in total. The first kappa shape index (κ1) is 20.0. The van der Waals surface area contributed by atoms with E-state index in [4.69, 9.17) is 16.3 Å². The molecule has 2 heterocycles. The summed E-state index contributed by atoms with van der Waals surface area (Å²) in [6.45, 7) is 6.29. The predicted molar refractivity (Wildman–Crippen MR) is 117 cm³/mol. The number of aryl methyl sites for hydroxylation is 3. The summed E-state index contributed by atoms with van der Waals surface area (Å²) in [5, 5.41) is 0.693. The lowest BCUT2D eigenvalue weighted by Crippen LogP contribution is -2.34. The second-order valence-electron chi connectivity index (χ2n) is 9.03. The molecule has 3 aliphatic rings. The van der Waals surface area contributed by atoms with E-state index in [0.29, 0.717) is 5.02 Å². The summed E-state index contributed by atoms with van der Waals surface area (Å²) < 4.78 is 6.22. The van der Waals surface area contributed by atoms with Crippen molar-refractivity contribution in [1.29, 1.82) is 0 Å². The lowest BCUT2D eigenvalue weighted by Gasteiger charge is -2.26. The highest BCUT2D eigenvalue weighted by Gasteiger charge is 2.66. The Labute approximate surface area is 182 Å². The summed E-state index contributed by atoms with van der Waals surface area (Å²) >= 11 is 6.21. The number of hydrogen-bond acceptors (Lipinski definition) is 3. The second-order valence-corrected chi connectivity index (χ2v) is 9.47. The van der Waals surface area contributed by atoms with E-state index in [0.717, 1.165) is 41.5 Å². The van der Waals surface area contributed by atoms with Crippen molar-refractivity contribution >= 4 is 23.2 Å². The zero-order valence-corrected chi connectivity index (χ0v) is 18.4. The fourth-order valence-electron chi connectivity index (χ4n) is 6.22. The van der Waals surface area contributed by atoms with Crippen LogP contribution in [0.25, 0.3) is 0 Å². The van der Waals surface area contributed by atoms with Gasteiger partial charge in [0.15, 0.2) is 11.6 Å². The van der Waals surface area contributed by atoms with E-state index in [1.54, 1.807) is 0 Å². The van der Waals surface area contributed by atoms with Crippen LogP contribution in [0.1, 0.15) is 59.9 Å². The molecular weight excluding hydrogens is 396 g/mol. The minimum atomic E-state index is -0.627. The third-order valence-electron chi connectivity index (χ3n) is 7.41. The van der Waals surface area contributed by atoms with Gasteiger partial charge in [0.25, 0.3) is 0 Å². The maximum atomic E-state index is 13.7. The lowest BCUT2D eigenvalue weighted by atomic mass is 9.73. The van der Waals surface area contributed by atoms with E-state index in [-0.39, 0.29) is 41.5 Å². The molecule has 156 valence electrons. The molecule has 2 saturated heterocycles. The Morgan fingerprint density at radius 1 is 1.00 bits per heavy atom. The van der Waals surface area contributed by atoms with E-state index in [1.807, 2.05) is 18.2 Å². The van der Waals surface area contributed by atoms with Crippen molar-refractivity contribution < 1.29 is 14.3 Å². The number of carbonyl (C=O) groups is 2. The summed E-state index contributed by atoms with van der Waals surface area (Å²) in [4.78, 5) is 27.3. The van der Waals surface area contributed by atoms with Crippen LogP contribution in [0.2, 0.25) is 5.02 Å².